The number of fused-ring (bicyclic) bond motifs is 1. The summed E-state index contributed by atoms with van der Waals surface area (Å²) in [7, 11) is 0. The summed E-state index contributed by atoms with van der Waals surface area (Å²) < 4.78 is 1.41. The first-order chi connectivity index (χ1) is 6.33. The number of hydrogen-bond donors (Lipinski definition) is 1. The highest BCUT2D eigenvalue weighted by atomic mass is 16.3. The van der Waals surface area contributed by atoms with Gasteiger partial charge in [-0.05, 0) is 12.1 Å². The van der Waals surface area contributed by atoms with E-state index < -0.39 is 0 Å². The lowest BCUT2D eigenvalue weighted by molar-refractivity contribution is 0.279. The Kier molecular flexibility index (Phi) is 1.83. The Balaban J connectivity index is 2.87. The maximum atomic E-state index is 11.5. The highest BCUT2D eigenvalue weighted by molar-refractivity contribution is 5.37. The number of hydrogen-bond acceptors (Lipinski definition) is 3. The molecule has 1 N–H and O–H groups in total. The zero-order valence-corrected chi connectivity index (χ0v) is 6.84. The third-order valence-corrected chi connectivity index (χ3v) is 1.85. The first-order valence-electron chi connectivity index (χ1n) is 3.89. The van der Waals surface area contributed by atoms with Crippen molar-refractivity contribution in [2.45, 2.75) is 6.61 Å². The second kappa shape index (κ2) is 2.99. The fourth-order valence-electron chi connectivity index (χ4n) is 1.17. The van der Waals surface area contributed by atoms with Gasteiger partial charge in [0.15, 0.2) is 0 Å². The van der Waals surface area contributed by atoms with Gasteiger partial charge in [0, 0.05) is 12.4 Å². The number of aliphatic hydroxyl groups is 1. The average molecular weight is 176 g/mol. The molecule has 0 aliphatic rings. The van der Waals surface area contributed by atoms with E-state index >= 15 is 0 Å². The van der Waals surface area contributed by atoms with E-state index in [0.717, 1.165) is 0 Å². The van der Waals surface area contributed by atoms with Gasteiger partial charge in [0.25, 0.3) is 5.56 Å². The number of rotatable bonds is 1. The number of nitrogens with zero attached hydrogens (tertiary/aromatic N) is 2. The standard InChI is InChI=1S/C9H8N2O2/c12-6-7-5-10-8-3-1-2-4-11(8)9(7)13/h1-5,12H,6H2. The zero-order valence-electron chi connectivity index (χ0n) is 6.84. The van der Waals surface area contributed by atoms with Gasteiger partial charge in [-0.15, -0.1) is 0 Å². The van der Waals surface area contributed by atoms with Crippen molar-refractivity contribution in [3.05, 3.63) is 46.5 Å². The van der Waals surface area contributed by atoms with Gasteiger partial charge in [-0.3, -0.25) is 9.20 Å². The van der Waals surface area contributed by atoms with Crippen molar-refractivity contribution in [3.8, 4) is 0 Å². The Morgan fingerprint density at radius 3 is 3.08 bits per heavy atom. The predicted octanol–water partition coefficient (Wildman–Crippen LogP) is 0.187. The monoisotopic (exact) mass is 176 g/mol. The topological polar surface area (TPSA) is 54.6 Å². The summed E-state index contributed by atoms with van der Waals surface area (Å²) in [5.74, 6) is 0. The van der Waals surface area contributed by atoms with Crippen LogP contribution in [0.3, 0.4) is 0 Å². The average Bonchev–Trinajstić information content (AvgIpc) is 2.19. The van der Waals surface area contributed by atoms with E-state index in [2.05, 4.69) is 4.98 Å². The van der Waals surface area contributed by atoms with Crippen molar-refractivity contribution in [1.82, 2.24) is 9.38 Å². The van der Waals surface area contributed by atoms with E-state index in [9.17, 15) is 4.79 Å². The van der Waals surface area contributed by atoms with E-state index in [1.165, 1.54) is 10.6 Å². The molecule has 0 fully saturated rings. The summed E-state index contributed by atoms with van der Waals surface area (Å²) in [4.78, 5) is 15.5. The van der Waals surface area contributed by atoms with Crippen LogP contribution in [0.25, 0.3) is 5.65 Å². The van der Waals surface area contributed by atoms with E-state index in [-0.39, 0.29) is 12.2 Å². The molecule has 4 nitrogen and oxygen atoms in total. The second-order valence-corrected chi connectivity index (χ2v) is 2.68. The zero-order chi connectivity index (χ0) is 9.26. The largest absolute Gasteiger partial charge is 0.391 e. The molecule has 0 saturated heterocycles. The molecule has 0 amide bonds. The molecule has 0 unspecified atom stereocenters. The lowest BCUT2D eigenvalue weighted by Crippen LogP contribution is -2.18. The van der Waals surface area contributed by atoms with Gasteiger partial charge in [-0.1, -0.05) is 6.07 Å². The van der Waals surface area contributed by atoms with Crippen LogP contribution in [0.2, 0.25) is 0 Å². The molecular formula is C9H8N2O2. The van der Waals surface area contributed by atoms with E-state index in [1.807, 2.05) is 0 Å². The highest BCUT2D eigenvalue weighted by Gasteiger charge is 2.01. The molecule has 0 bridgehead atoms. The molecule has 4 heteroatoms. The molecule has 0 atom stereocenters. The molecule has 2 aromatic rings. The number of pyridine rings is 1. The third kappa shape index (κ3) is 1.21. The smallest absolute Gasteiger partial charge is 0.263 e. The molecule has 66 valence electrons. The van der Waals surface area contributed by atoms with Crippen LogP contribution in [0.4, 0.5) is 0 Å². The first kappa shape index (κ1) is 7.94. The van der Waals surface area contributed by atoms with Crippen molar-refractivity contribution >= 4 is 5.65 Å². The molecular weight excluding hydrogens is 168 g/mol. The molecule has 2 aromatic heterocycles. The third-order valence-electron chi connectivity index (χ3n) is 1.85. The van der Waals surface area contributed by atoms with Crippen LogP contribution in [-0.2, 0) is 6.61 Å². The van der Waals surface area contributed by atoms with Gasteiger partial charge >= 0.3 is 0 Å². The van der Waals surface area contributed by atoms with Crippen LogP contribution < -0.4 is 5.56 Å². The minimum Gasteiger partial charge on any atom is -0.391 e. The van der Waals surface area contributed by atoms with Crippen LogP contribution in [0.1, 0.15) is 5.56 Å². The summed E-state index contributed by atoms with van der Waals surface area (Å²) in [6, 6.07) is 5.29. The van der Waals surface area contributed by atoms with Gasteiger partial charge in [-0.2, -0.15) is 0 Å². The Morgan fingerprint density at radius 2 is 2.31 bits per heavy atom. The molecule has 13 heavy (non-hydrogen) atoms. The van der Waals surface area contributed by atoms with Gasteiger partial charge in [-0.25, -0.2) is 4.98 Å². The molecule has 2 rings (SSSR count). The maximum absolute atomic E-state index is 11.5. The second-order valence-electron chi connectivity index (χ2n) is 2.68. The summed E-state index contributed by atoms with van der Waals surface area (Å²) in [5.41, 5.74) is 0.682. The fraction of sp³-hybridized carbons (Fsp3) is 0.111. The lowest BCUT2D eigenvalue weighted by Gasteiger charge is -2.00. The Morgan fingerprint density at radius 1 is 1.46 bits per heavy atom. The molecule has 0 saturated carbocycles. The van der Waals surface area contributed by atoms with Crippen LogP contribution in [0.5, 0.6) is 0 Å². The molecule has 0 radical (unpaired) electrons. The van der Waals surface area contributed by atoms with Crippen molar-refractivity contribution in [2.24, 2.45) is 0 Å². The van der Waals surface area contributed by atoms with Crippen molar-refractivity contribution < 1.29 is 5.11 Å². The maximum Gasteiger partial charge on any atom is 0.263 e. The normalized spacial score (nSPS) is 10.5. The van der Waals surface area contributed by atoms with Gasteiger partial charge in [0.05, 0.1) is 12.2 Å². The Labute approximate surface area is 74.1 Å². The fourth-order valence-corrected chi connectivity index (χ4v) is 1.17. The molecule has 0 aliphatic carbocycles. The summed E-state index contributed by atoms with van der Waals surface area (Å²) >= 11 is 0. The summed E-state index contributed by atoms with van der Waals surface area (Å²) in [5, 5.41) is 8.82. The van der Waals surface area contributed by atoms with Crippen LogP contribution in [-0.4, -0.2) is 14.5 Å². The summed E-state index contributed by atoms with van der Waals surface area (Å²) in [6.45, 7) is -0.274. The molecule has 0 aromatic carbocycles. The summed E-state index contributed by atoms with van der Waals surface area (Å²) in [6.07, 6.45) is 3.03. The lowest BCUT2D eigenvalue weighted by atomic mass is 10.3. The van der Waals surface area contributed by atoms with Crippen LogP contribution in [0, 0.1) is 0 Å². The SMILES string of the molecule is O=c1c(CO)cnc2ccccn12. The van der Waals surface area contributed by atoms with E-state index in [4.69, 9.17) is 5.11 Å². The van der Waals surface area contributed by atoms with Crippen LogP contribution >= 0.6 is 0 Å². The Bertz CT molecular complexity index is 490. The number of aliphatic hydroxyl groups excluding tert-OH is 1. The Hall–Kier alpha value is -1.68. The molecule has 2 heterocycles. The van der Waals surface area contributed by atoms with Gasteiger partial charge in [0.2, 0.25) is 0 Å². The van der Waals surface area contributed by atoms with Crippen molar-refractivity contribution in [2.75, 3.05) is 0 Å². The minimum atomic E-state index is -0.274. The molecule has 0 spiro atoms. The van der Waals surface area contributed by atoms with E-state index in [0.29, 0.717) is 11.2 Å². The van der Waals surface area contributed by atoms with Gasteiger partial charge < -0.3 is 5.11 Å². The number of aromatic nitrogens is 2. The predicted molar refractivity (Wildman–Crippen MR) is 47.4 cm³/mol. The molecule has 0 aliphatic heterocycles. The minimum absolute atomic E-state index is 0.215. The first-order valence-corrected chi connectivity index (χ1v) is 3.89. The van der Waals surface area contributed by atoms with E-state index in [1.54, 1.807) is 24.4 Å². The van der Waals surface area contributed by atoms with Gasteiger partial charge in [0.1, 0.15) is 5.65 Å². The van der Waals surface area contributed by atoms with Crippen molar-refractivity contribution in [1.29, 1.82) is 0 Å². The highest BCUT2D eigenvalue weighted by Crippen LogP contribution is 1.96. The quantitative estimate of drug-likeness (QED) is 0.674. The van der Waals surface area contributed by atoms with Crippen LogP contribution in [0.15, 0.2) is 35.4 Å². The van der Waals surface area contributed by atoms with Crippen molar-refractivity contribution in [3.63, 3.8) is 0 Å².